The Kier molecular flexibility index (Phi) is 5.91. The van der Waals surface area contributed by atoms with Crippen molar-refractivity contribution in [2.75, 3.05) is 5.73 Å². The molecule has 0 aliphatic carbocycles. The number of nitrogens with two attached hydrogens (primary N) is 1. The third-order valence-corrected chi connectivity index (χ3v) is 3.78. The van der Waals surface area contributed by atoms with E-state index in [1.807, 2.05) is 30.5 Å². The summed E-state index contributed by atoms with van der Waals surface area (Å²) >= 11 is 10.2. The largest absolute Gasteiger partial charge is 0.396 e. The van der Waals surface area contributed by atoms with Gasteiger partial charge in [0.2, 0.25) is 0 Å². The Morgan fingerprint density at radius 2 is 1.96 bits per heavy atom. The molecule has 0 aliphatic rings. The number of aryl methyl sites for hydroxylation is 1. The summed E-state index contributed by atoms with van der Waals surface area (Å²) in [4.78, 5) is 4.08. The summed E-state index contributed by atoms with van der Waals surface area (Å²) in [5.74, 6) is -0.543. The van der Waals surface area contributed by atoms with Gasteiger partial charge in [-0.25, -0.2) is 4.39 Å². The van der Waals surface area contributed by atoms with Crippen molar-refractivity contribution in [3.63, 3.8) is 0 Å². The number of nitriles is 1. The van der Waals surface area contributed by atoms with Gasteiger partial charge in [0.15, 0.2) is 0 Å². The summed E-state index contributed by atoms with van der Waals surface area (Å²) in [6, 6.07) is 13.6. The van der Waals surface area contributed by atoms with Crippen molar-refractivity contribution in [3.8, 4) is 17.3 Å². The molecule has 0 aliphatic heterocycles. The highest BCUT2D eigenvalue weighted by Gasteiger charge is 2.04. The monoisotopic (exact) mass is 359 g/mol. The second-order valence-electron chi connectivity index (χ2n) is 5.08. The van der Waals surface area contributed by atoms with Gasteiger partial charge >= 0.3 is 0 Å². The summed E-state index contributed by atoms with van der Waals surface area (Å²) in [5, 5.41) is 9.05. The molecule has 122 valence electrons. The fraction of sp³-hybridized carbons (Fsp3) is 0.0556. The SMILES string of the molecule is Cc1ccc(Cl)cc1-c1cc(S)c[nH]1.N#Cc1ccc(N)c(F)c1. The number of H-pyrrole nitrogens is 1. The summed E-state index contributed by atoms with van der Waals surface area (Å²) in [6.07, 6.45) is 1.86. The highest BCUT2D eigenvalue weighted by molar-refractivity contribution is 7.80. The number of anilines is 1. The van der Waals surface area contributed by atoms with E-state index >= 15 is 0 Å². The molecule has 3 N–H and O–H groups in total. The van der Waals surface area contributed by atoms with Crippen LogP contribution in [0.4, 0.5) is 10.1 Å². The van der Waals surface area contributed by atoms with Gasteiger partial charge in [0.25, 0.3) is 0 Å². The van der Waals surface area contributed by atoms with Gasteiger partial charge in [0.1, 0.15) is 5.82 Å². The molecule has 0 amide bonds. The van der Waals surface area contributed by atoms with Crippen molar-refractivity contribution >= 4 is 29.9 Å². The van der Waals surface area contributed by atoms with Gasteiger partial charge in [-0.3, -0.25) is 0 Å². The summed E-state index contributed by atoms with van der Waals surface area (Å²) in [6.45, 7) is 2.06. The fourth-order valence-electron chi connectivity index (χ4n) is 2.02. The van der Waals surface area contributed by atoms with Gasteiger partial charge in [0, 0.05) is 27.4 Å². The van der Waals surface area contributed by atoms with E-state index in [1.165, 1.54) is 17.7 Å². The van der Waals surface area contributed by atoms with Crippen LogP contribution in [0.5, 0.6) is 0 Å². The Morgan fingerprint density at radius 3 is 2.54 bits per heavy atom. The first kappa shape index (κ1) is 17.9. The van der Waals surface area contributed by atoms with Gasteiger partial charge in [-0.05, 0) is 48.9 Å². The number of nitrogen functional groups attached to an aromatic ring is 1. The molecule has 0 unspecified atom stereocenters. The zero-order chi connectivity index (χ0) is 17.7. The highest BCUT2D eigenvalue weighted by atomic mass is 35.5. The van der Waals surface area contributed by atoms with Crippen molar-refractivity contribution < 1.29 is 4.39 Å². The molecule has 0 radical (unpaired) electrons. The first-order valence-electron chi connectivity index (χ1n) is 6.99. The van der Waals surface area contributed by atoms with Crippen LogP contribution in [0.3, 0.4) is 0 Å². The molecule has 6 heteroatoms. The van der Waals surface area contributed by atoms with Crippen molar-refractivity contribution in [2.24, 2.45) is 0 Å². The Labute approximate surface area is 150 Å². The molecule has 24 heavy (non-hydrogen) atoms. The second-order valence-corrected chi connectivity index (χ2v) is 6.03. The number of aromatic amines is 1. The average Bonchev–Trinajstić information content (AvgIpc) is 2.99. The van der Waals surface area contributed by atoms with Gasteiger partial charge in [0.05, 0.1) is 17.3 Å². The number of benzene rings is 2. The molecule has 2 aromatic carbocycles. The van der Waals surface area contributed by atoms with Crippen LogP contribution in [0.25, 0.3) is 11.3 Å². The van der Waals surface area contributed by atoms with Crippen LogP contribution in [0.15, 0.2) is 53.6 Å². The van der Waals surface area contributed by atoms with E-state index in [2.05, 4.69) is 24.5 Å². The van der Waals surface area contributed by atoms with Crippen LogP contribution in [0, 0.1) is 24.1 Å². The van der Waals surface area contributed by atoms with E-state index < -0.39 is 5.82 Å². The van der Waals surface area contributed by atoms with Gasteiger partial charge < -0.3 is 10.7 Å². The summed E-state index contributed by atoms with van der Waals surface area (Å²) in [5.41, 5.74) is 8.88. The van der Waals surface area contributed by atoms with E-state index in [4.69, 9.17) is 22.6 Å². The number of hydrogen-bond donors (Lipinski definition) is 3. The predicted molar refractivity (Wildman–Crippen MR) is 98.8 cm³/mol. The quantitative estimate of drug-likeness (QED) is 0.412. The molecule has 0 saturated heterocycles. The summed E-state index contributed by atoms with van der Waals surface area (Å²) in [7, 11) is 0. The Hall–Kier alpha value is -2.42. The van der Waals surface area contributed by atoms with Crippen molar-refractivity contribution in [2.45, 2.75) is 11.8 Å². The molecule has 3 rings (SSSR count). The molecular weight excluding hydrogens is 345 g/mol. The first-order chi connectivity index (χ1) is 11.4. The lowest BCUT2D eigenvalue weighted by atomic mass is 10.1. The van der Waals surface area contributed by atoms with E-state index in [1.54, 1.807) is 6.07 Å². The van der Waals surface area contributed by atoms with Crippen LogP contribution >= 0.6 is 24.2 Å². The van der Waals surface area contributed by atoms with Gasteiger partial charge in [-0.1, -0.05) is 17.7 Å². The molecule has 3 nitrogen and oxygen atoms in total. The number of rotatable bonds is 1. The molecule has 0 saturated carbocycles. The number of nitrogens with one attached hydrogen (secondary N) is 1. The number of nitrogens with zero attached hydrogens (tertiary/aromatic N) is 1. The molecule has 1 heterocycles. The van der Waals surface area contributed by atoms with Crippen LogP contribution in [-0.4, -0.2) is 4.98 Å². The van der Waals surface area contributed by atoms with E-state index in [-0.39, 0.29) is 11.3 Å². The topological polar surface area (TPSA) is 65.6 Å². The normalized spacial score (nSPS) is 9.79. The third-order valence-electron chi connectivity index (χ3n) is 3.29. The average molecular weight is 360 g/mol. The standard InChI is InChI=1S/C11H10ClNS.C7H5FN2/c1-7-2-3-8(12)4-10(7)11-5-9(14)6-13-11;8-6-3-5(4-9)1-2-7(6)10/h2-6,13-14H,1H3;1-3H,10H2. The Morgan fingerprint density at radius 1 is 1.21 bits per heavy atom. The van der Waals surface area contributed by atoms with E-state index in [0.717, 1.165) is 27.2 Å². The number of aromatic nitrogens is 1. The van der Waals surface area contributed by atoms with Crippen molar-refractivity contribution in [3.05, 3.63) is 70.6 Å². The fourth-order valence-corrected chi connectivity index (χ4v) is 2.39. The van der Waals surface area contributed by atoms with Crippen molar-refractivity contribution in [1.82, 2.24) is 4.98 Å². The zero-order valence-corrected chi connectivity index (χ0v) is 14.5. The minimum absolute atomic E-state index is 0.0685. The number of hydrogen-bond acceptors (Lipinski definition) is 3. The molecule has 0 bridgehead atoms. The maximum atomic E-state index is 12.5. The minimum Gasteiger partial charge on any atom is -0.396 e. The smallest absolute Gasteiger partial charge is 0.147 e. The van der Waals surface area contributed by atoms with Crippen molar-refractivity contribution in [1.29, 1.82) is 5.26 Å². The predicted octanol–water partition coefficient (Wildman–Crippen LogP) is 5.21. The van der Waals surface area contributed by atoms with E-state index in [9.17, 15) is 4.39 Å². The number of halogens is 2. The van der Waals surface area contributed by atoms with Crippen LogP contribution in [-0.2, 0) is 0 Å². The maximum Gasteiger partial charge on any atom is 0.147 e. The highest BCUT2D eigenvalue weighted by Crippen LogP contribution is 2.26. The van der Waals surface area contributed by atoms with Gasteiger partial charge in [-0.2, -0.15) is 5.26 Å². The minimum atomic E-state index is -0.543. The molecule has 1 aromatic heterocycles. The Bertz CT molecular complexity index is 900. The Balaban J connectivity index is 0.000000185. The van der Waals surface area contributed by atoms with Crippen LogP contribution < -0.4 is 5.73 Å². The van der Waals surface area contributed by atoms with Gasteiger partial charge in [-0.15, -0.1) is 12.6 Å². The van der Waals surface area contributed by atoms with Crippen LogP contribution in [0.1, 0.15) is 11.1 Å². The maximum absolute atomic E-state index is 12.5. The second kappa shape index (κ2) is 7.91. The lowest BCUT2D eigenvalue weighted by molar-refractivity contribution is 0.632. The lowest BCUT2D eigenvalue weighted by Gasteiger charge is -2.03. The first-order valence-corrected chi connectivity index (χ1v) is 7.82. The molecular formula is C18H15ClFN3S. The zero-order valence-electron chi connectivity index (χ0n) is 12.8. The molecule has 0 fully saturated rings. The molecule has 0 atom stereocenters. The van der Waals surface area contributed by atoms with E-state index in [0.29, 0.717) is 0 Å². The van der Waals surface area contributed by atoms with Crippen LogP contribution in [0.2, 0.25) is 5.02 Å². The molecule has 0 spiro atoms. The lowest BCUT2D eigenvalue weighted by Crippen LogP contribution is -1.89. The third kappa shape index (κ3) is 4.54. The summed E-state index contributed by atoms with van der Waals surface area (Å²) < 4.78 is 12.5. The number of thiol groups is 1. The molecule has 3 aromatic rings.